The van der Waals surface area contributed by atoms with Gasteiger partial charge in [-0.25, -0.2) is 4.98 Å². The highest BCUT2D eigenvalue weighted by molar-refractivity contribution is 9.10. The molecule has 0 amide bonds. The lowest BCUT2D eigenvalue weighted by Crippen LogP contribution is -2.20. The number of nitrogens with two attached hydrogens (primary N) is 1. The number of benzene rings is 2. The summed E-state index contributed by atoms with van der Waals surface area (Å²) in [7, 11) is 0. The van der Waals surface area contributed by atoms with E-state index >= 15 is 0 Å². The molecule has 0 aliphatic heterocycles. The molecule has 2 N–H and O–H groups in total. The van der Waals surface area contributed by atoms with Gasteiger partial charge >= 0.3 is 0 Å². The molecule has 0 saturated heterocycles. The van der Waals surface area contributed by atoms with Gasteiger partial charge in [-0.3, -0.25) is 0 Å². The van der Waals surface area contributed by atoms with Gasteiger partial charge in [-0.15, -0.1) is 0 Å². The van der Waals surface area contributed by atoms with Gasteiger partial charge in [-0.2, -0.15) is 0 Å². The van der Waals surface area contributed by atoms with Crippen molar-refractivity contribution >= 4 is 32.9 Å². The van der Waals surface area contributed by atoms with Crippen molar-refractivity contribution in [1.29, 1.82) is 0 Å². The van der Waals surface area contributed by atoms with Crippen LogP contribution in [-0.2, 0) is 12.8 Å². The summed E-state index contributed by atoms with van der Waals surface area (Å²) in [5, 5.41) is 0. The molecule has 0 bridgehead atoms. The minimum atomic E-state index is 0.388. The van der Waals surface area contributed by atoms with E-state index in [0.717, 1.165) is 34.8 Å². The number of rotatable bonds is 1. The number of aromatic nitrogens is 2. The van der Waals surface area contributed by atoms with Crippen molar-refractivity contribution in [3.63, 3.8) is 0 Å². The van der Waals surface area contributed by atoms with Crippen molar-refractivity contribution in [3.8, 4) is 0 Å². The van der Waals surface area contributed by atoms with Crippen LogP contribution in [0.25, 0.3) is 11.0 Å². The highest BCUT2D eigenvalue weighted by Gasteiger charge is 2.23. The van der Waals surface area contributed by atoms with Gasteiger partial charge in [0.1, 0.15) is 0 Å². The van der Waals surface area contributed by atoms with Crippen LogP contribution in [0.1, 0.15) is 23.6 Å². The Kier molecular flexibility index (Phi) is 3.00. The maximum absolute atomic E-state index is 6.19. The average molecular weight is 342 g/mol. The average Bonchev–Trinajstić information content (AvgIpc) is 2.82. The van der Waals surface area contributed by atoms with Gasteiger partial charge in [0.2, 0.25) is 5.95 Å². The molecular weight excluding hydrogens is 326 g/mol. The Balaban J connectivity index is 1.81. The second kappa shape index (κ2) is 4.88. The molecule has 1 aliphatic carbocycles. The third-order valence-corrected chi connectivity index (χ3v) is 4.86. The van der Waals surface area contributed by atoms with E-state index in [4.69, 9.17) is 5.73 Å². The van der Waals surface area contributed by atoms with Crippen LogP contribution in [0.4, 0.5) is 5.95 Å². The molecule has 1 heterocycles. The molecule has 1 unspecified atom stereocenters. The Labute approximate surface area is 131 Å². The Morgan fingerprint density at radius 1 is 1.14 bits per heavy atom. The van der Waals surface area contributed by atoms with Crippen LogP contribution in [0.2, 0.25) is 0 Å². The zero-order chi connectivity index (χ0) is 14.4. The molecule has 0 saturated carbocycles. The van der Waals surface area contributed by atoms with Crippen LogP contribution < -0.4 is 5.73 Å². The van der Waals surface area contributed by atoms with Crippen LogP contribution in [0.15, 0.2) is 46.9 Å². The van der Waals surface area contributed by atoms with Crippen molar-refractivity contribution in [3.05, 3.63) is 58.1 Å². The number of imidazole rings is 1. The summed E-state index contributed by atoms with van der Waals surface area (Å²) >= 11 is 3.54. The largest absolute Gasteiger partial charge is 0.369 e. The number of halogens is 1. The number of aryl methyl sites for hydroxylation is 1. The van der Waals surface area contributed by atoms with E-state index in [-0.39, 0.29) is 0 Å². The lowest BCUT2D eigenvalue weighted by atomic mass is 9.88. The van der Waals surface area contributed by atoms with E-state index in [2.05, 4.69) is 55.8 Å². The summed E-state index contributed by atoms with van der Waals surface area (Å²) in [6.45, 7) is 0. The molecule has 21 heavy (non-hydrogen) atoms. The van der Waals surface area contributed by atoms with E-state index in [1.165, 1.54) is 11.1 Å². The van der Waals surface area contributed by atoms with Crippen LogP contribution in [0, 0.1) is 0 Å². The smallest absolute Gasteiger partial charge is 0.201 e. The molecule has 1 aromatic heterocycles. The monoisotopic (exact) mass is 341 g/mol. The van der Waals surface area contributed by atoms with Crippen molar-refractivity contribution in [2.45, 2.75) is 25.3 Å². The predicted molar refractivity (Wildman–Crippen MR) is 89.3 cm³/mol. The van der Waals surface area contributed by atoms with Gasteiger partial charge in [0.25, 0.3) is 0 Å². The first-order valence-electron chi connectivity index (χ1n) is 7.22. The summed E-state index contributed by atoms with van der Waals surface area (Å²) in [5.74, 6) is 0.618. The molecule has 4 rings (SSSR count). The van der Waals surface area contributed by atoms with Crippen LogP contribution in [0.3, 0.4) is 0 Å². The number of nitrogens with zero attached hydrogens (tertiary/aromatic N) is 2. The zero-order valence-corrected chi connectivity index (χ0v) is 13.2. The van der Waals surface area contributed by atoms with E-state index in [1.54, 1.807) is 0 Å². The molecule has 3 nitrogen and oxygen atoms in total. The maximum Gasteiger partial charge on any atom is 0.201 e. The molecule has 4 heteroatoms. The first kappa shape index (κ1) is 12.9. The van der Waals surface area contributed by atoms with Crippen LogP contribution in [0.5, 0.6) is 0 Å². The third-order valence-electron chi connectivity index (χ3n) is 4.36. The van der Waals surface area contributed by atoms with Gasteiger partial charge < -0.3 is 10.3 Å². The fraction of sp³-hybridized carbons (Fsp3) is 0.235. The Hall–Kier alpha value is -1.81. The summed E-state index contributed by atoms with van der Waals surface area (Å²) in [4.78, 5) is 4.51. The fourth-order valence-corrected chi connectivity index (χ4v) is 3.72. The zero-order valence-electron chi connectivity index (χ0n) is 11.6. The minimum absolute atomic E-state index is 0.388. The van der Waals surface area contributed by atoms with Gasteiger partial charge in [0, 0.05) is 10.5 Å². The van der Waals surface area contributed by atoms with Crippen LogP contribution >= 0.6 is 15.9 Å². The second-order valence-corrected chi connectivity index (χ2v) is 6.55. The van der Waals surface area contributed by atoms with Gasteiger partial charge in [0.05, 0.1) is 11.0 Å². The summed E-state index contributed by atoms with van der Waals surface area (Å²) in [5.41, 5.74) is 11.2. The summed E-state index contributed by atoms with van der Waals surface area (Å²) in [6.07, 6.45) is 3.24. The quantitative estimate of drug-likeness (QED) is 0.723. The van der Waals surface area contributed by atoms with Crippen molar-refractivity contribution in [2.24, 2.45) is 0 Å². The SMILES string of the molecule is Nc1nc2ccc(Br)cc2n1C1CCc2ccccc2C1. The number of hydrogen-bond donors (Lipinski definition) is 1. The number of anilines is 1. The van der Waals surface area contributed by atoms with Crippen LogP contribution in [-0.4, -0.2) is 9.55 Å². The standard InChI is InChI=1S/C17H16BrN3/c18-13-6-8-15-16(10-13)21(17(19)20-15)14-7-5-11-3-1-2-4-12(11)9-14/h1-4,6,8,10,14H,5,7,9H2,(H2,19,20). The first-order chi connectivity index (χ1) is 10.2. The van der Waals surface area contributed by atoms with Gasteiger partial charge in [-0.1, -0.05) is 40.2 Å². The highest BCUT2D eigenvalue weighted by atomic mass is 79.9. The van der Waals surface area contributed by atoms with Gasteiger partial charge in [-0.05, 0) is 48.6 Å². The normalized spacial score (nSPS) is 17.9. The van der Waals surface area contributed by atoms with Crippen molar-refractivity contribution < 1.29 is 0 Å². The van der Waals surface area contributed by atoms with Gasteiger partial charge in [0.15, 0.2) is 0 Å². The van der Waals surface area contributed by atoms with E-state index in [0.29, 0.717) is 12.0 Å². The molecule has 1 aliphatic rings. The van der Waals surface area contributed by atoms with E-state index < -0.39 is 0 Å². The fourth-order valence-electron chi connectivity index (χ4n) is 3.37. The number of nitrogen functional groups attached to an aromatic ring is 1. The molecule has 0 fully saturated rings. The Morgan fingerprint density at radius 2 is 1.95 bits per heavy atom. The molecule has 106 valence electrons. The Bertz CT molecular complexity index is 822. The molecule has 3 aromatic rings. The molecule has 0 spiro atoms. The predicted octanol–water partition coefficient (Wildman–Crippen LogP) is 4.11. The summed E-state index contributed by atoms with van der Waals surface area (Å²) in [6, 6.07) is 15.2. The topological polar surface area (TPSA) is 43.8 Å². The molecule has 0 radical (unpaired) electrons. The van der Waals surface area contributed by atoms with E-state index in [9.17, 15) is 0 Å². The third kappa shape index (κ3) is 2.14. The lowest BCUT2D eigenvalue weighted by molar-refractivity contribution is 0.457. The molecule has 2 aromatic carbocycles. The summed E-state index contributed by atoms with van der Waals surface area (Å²) < 4.78 is 3.27. The van der Waals surface area contributed by atoms with Crippen molar-refractivity contribution in [1.82, 2.24) is 9.55 Å². The molecule has 1 atom stereocenters. The number of hydrogen-bond acceptors (Lipinski definition) is 2. The minimum Gasteiger partial charge on any atom is -0.369 e. The lowest BCUT2D eigenvalue weighted by Gasteiger charge is -2.27. The maximum atomic E-state index is 6.19. The molecular formula is C17H16BrN3. The Morgan fingerprint density at radius 3 is 2.81 bits per heavy atom. The van der Waals surface area contributed by atoms with E-state index in [1.807, 2.05) is 12.1 Å². The number of fused-ring (bicyclic) bond motifs is 2. The first-order valence-corrected chi connectivity index (χ1v) is 8.01. The second-order valence-electron chi connectivity index (χ2n) is 5.64. The highest BCUT2D eigenvalue weighted by Crippen LogP contribution is 2.34. The van der Waals surface area contributed by atoms with Crippen molar-refractivity contribution in [2.75, 3.05) is 5.73 Å².